The molecule has 6 aromatic rings. The maximum absolute atomic E-state index is 12.1. The highest BCUT2D eigenvalue weighted by Gasteiger charge is 2.36. The fourth-order valence-electron chi connectivity index (χ4n) is 4.96. The standard InChI is InChI=1S/C13H14Cl2N2O3.C8H6Cl2N2O.C8H7Cl2NO3.C6H4Cl2INO.C6H6Cl2N2O.C6H8N2O/c1-13(2,3)20-12(18)10(16-4)8-7(14)6-17-11(19-5)9(8)15;1-13-8-7(10)5(2-3-11)6(9)4-12-8;1-14-8-7(10)4(2-6(12)13)5(9)3-11-8;2*1-11-6-4(8)5(9)3(7)2-10-6;1-9-6-4-5(7)2-3-8-6/h6,10H,1-3,5H3;4H,2H2,1H3;3H,2H2,1H3,(H,12,13);2H,1H3;2H,1H3,(H2,9,10);2-4H,1H3,(H2,7,8). The van der Waals surface area contributed by atoms with Gasteiger partial charge in [0.2, 0.25) is 35.3 Å². The van der Waals surface area contributed by atoms with E-state index in [2.05, 4.69) is 34.7 Å². The molecule has 0 saturated carbocycles. The summed E-state index contributed by atoms with van der Waals surface area (Å²) < 4.78 is 35.1. The van der Waals surface area contributed by atoms with Crippen LogP contribution in [-0.2, 0) is 27.2 Å². The van der Waals surface area contributed by atoms with E-state index in [1.807, 2.05) is 28.7 Å². The van der Waals surface area contributed by atoms with Gasteiger partial charge in [-0.1, -0.05) is 116 Å². The van der Waals surface area contributed by atoms with E-state index in [1.165, 1.54) is 66.5 Å². The minimum Gasteiger partial charge on any atom is -0.481 e. The number of hydrogen-bond donors (Lipinski definition) is 3. The molecule has 78 heavy (non-hydrogen) atoms. The number of aliphatic carboxylic acids is 1. The lowest BCUT2D eigenvalue weighted by Crippen LogP contribution is -2.27. The van der Waals surface area contributed by atoms with E-state index in [9.17, 15) is 9.59 Å². The summed E-state index contributed by atoms with van der Waals surface area (Å²) in [7, 11) is 8.76. The predicted octanol–water partition coefficient (Wildman–Crippen LogP) is 13.8. The maximum Gasteiger partial charge on any atom is 0.395 e. The van der Waals surface area contributed by atoms with Crippen LogP contribution < -0.4 is 39.9 Å². The Bertz CT molecular complexity index is 3020. The number of carbonyl (C=O) groups is 2. The van der Waals surface area contributed by atoms with Gasteiger partial charge in [0.25, 0.3) is 0 Å². The molecule has 0 aromatic carbocycles. The van der Waals surface area contributed by atoms with Gasteiger partial charge in [-0.05, 0) is 49.4 Å². The van der Waals surface area contributed by atoms with Crippen molar-refractivity contribution < 1.29 is 47.9 Å². The highest BCUT2D eigenvalue weighted by molar-refractivity contribution is 14.1. The van der Waals surface area contributed by atoms with Crippen molar-refractivity contribution in [3.05, 3.63) is 131 Å². The Kier molecular flexibility index (Phi) is 32.2. The van der Waals surface area contributed by atoms with Gasteiger partial charge >= 0.3 is 18.0 Å². The normalized spacial score (nSPS) is 10.3. The first-order valence-electron chi connectivity index (χ1n) is 20.9. The topological polar surface area (TPSA) is 277 Å². The molecule has 1 unspecified atom stereocenters. The van der Waals surface area contributed by atoms with Crippen LogP contribution in [-0.4, -0.2) is 95.2 Å². The minimum absolute atomic E-state index is 0.0341. The molecule has 0 aliphatic heterocycles. The number of anilines is 2. The molecule has 0 bridgehead atoms. The lowest BCUT2D eigenvalue weighted by molar-refractivity contribution is -0.155. The number of nitriles is 1. The number of ether oxygens (including phenoxy) is 7. The smallest absolute Gasteiger partial charge is 0.395 e. The fourth-order valence-corrected chi connectivity index (χ4v) is 7.90. The molecule has 0 amide bonds. The van der Waals surface area contributed by atoms with Gasteiger partial charge in [-0.2, -0.15) is 5.26 Å². The highest BCUT2D eigenvalue weighted by atomic mass is 127. The zero-order chi connectivity index (χ0) is 59.6. The van der Waals surface area contributed by atoms with Gasteiger partial charge in [0.15, 0.2) is 0 Å². The third-order valence-electron chi connectivity index (χ3n) is 8.46. The summed E-state index contributed by atoms with van der Waals surface area (Å²) in [6.45, 7) is 12.3. The summed E-state index contributed by atoms with van der Waals surface area (Å²) >= 11 is 60.2. The van der Waals surface area contributed by atoms with E-state index >= 15 is 0 Å². The van der Waals surface area contributed by atoms with Crippen LogP contribution in [0.1, 0.15) is 43.5 Å². The number of halogens is 11. The number of methoxy groups -OCH3 is 6. The average molecular weight is 1390 g/mol. The number of pyridine rings is 6. The lowest BCUT2D eigenvalue weighted by Gasteiger charge is -2.20. The largest absolute Gasteiger partial charge is 0.481 e. The Hall–Kier alpha value is -5.15. The number of nitrogen functional groups attached to an aromatic ring is 2. The van der Waals surface area contributed by atoms with E-state index in [0.29, 0.717) is 59.4 Å². The summed E-state index contributed by atoms with van der Waals surface area (Å²) in [5, 5.41) is 19.9. The summed E-state index contributed by atoms with van der Waals surface area (Å²) in [5.41, 5.74) is 12.1. The summed E-state index contributed by atoms with van der Waals surface area (Å²) in [5.74, 6) is 0.0718. The maximum atomic E-state index is 12.1. The van der Waals surface area contributed by atoms with Gasteiger partial charge in [-0.15, -0.1) is 0 Å². The summed E-state index contributed by atoms with van der Waals surface area (Å²) in [6.07, 6.45) is 8.41. The fraction of sp³-hybridized carbons (Fsp3) is 0.277. The van der Waals surface area contributed by atoms with Crippen LogP contribution in [0.15, 0.2) is 49.3 Å². The van der Waals surface area contributed by atoms with Crippen LogP contribution in [0.3, 0.4) is 0 Å². The number of nitrogens with zero attached hydrogens (tertiary/aromatic N) is 8. The van der Waals surface area contributed by atoms with Gasteiger partial charge in [-0.3, -0.25) is 9.64 Å². The summed E-state index contributed by atoms with van der Waals surface area (Å²) in [4.78, 5) is 48.8. The number of carbonyl (C=O) groups excluding carboxylic acids is 1. The Morgan fingerprint density at radius 1 is 0.654 bits per heavy atom. The van der Waals surface area contributed by atoms with Crippen molar-refractivity contribution in [3.8, 4) is 41.3 Å². The molecule has 6 aromatic heterocycles. The average Bonchev–Trinajstić information content (AvgIpc) is 3.39. The molecule has 6 rings (SSSR count). The van der Waals surface area contributed by atoms with Gasteiger partial charge in [0.1, 0.15) is 30.7 Å². The third kappa shape index (κ3) is 22.5. The molecule has 0 aliphatic rings. The van der Waals surface area contributed by atoms with Gasteiger partial charge in [0, 0.05) is 41.5 Å². The first-order chi connectivity index (χ1) is 36.6. The van der Waals surface area contributed by atoms with Crippen molar-refractivity contribution >= 4 is 162 Å². The molecule has 5 N–H and O–H groups in total. The Morgan fingerprint density at radius 2 is 1.08 bits per heavy atom. The molecular formula is C47H45Cl10IN10O10. The zero-order valence-corrected chi connectivity index (χ0v) is 51.8. The minimum atomic E-state index is -1.26. The summed E-state index contributed by atoms with van der Waals surface area (Å²) in [6, 6.07) is 4.08. The van der Waals surface area contributed by atoms with Crippen LogP contribution in [0.4, 0.5) is 11.4 Å². The second kappa shape index (κ2) is 35.5. The molecule has 0 radical (unpaired) electrons. The van der Waals surface area contributed by atoms with Gasteiger partial charge < -0.3 is 49.7 Å². The lowest BCUT2D eigenvalue weighted by atomic mass is 10.1. The first-order valence-corrected chi connectivity index (χ1v) is 25.7. The Labute approximate surface area is 512 Å². The van der Waals surface area contributed by atoms with Crippen molar-refractivity contribution in [2.75, 3.05) is 54.1 Å². The molecule has 0 saturated heterocycles. The number of hydrogen-bond acceptors (Lipinski definition) is 18. The van der Waals surface area contributed by atoms with Crippen LogP contribution in [0.5, 0.6) is 35.3 Å². The van der Waals surface area contributed by atoms with E-state index in [0.717, 1.165) is 3.57 Å². The second-order valence-corrected chi connectivity index (χ2v) is 19.9. The number of rotatable bonds is 11. The quantitative estimate of drug-likeness (QED) is 0.0617. The molecule has 6 heterocycles. The molecule has 0 fully saturated rings. The number of nitrogens with two attached hydrogens (primary N) is 2. The second-order valence-electron chi connectivity index (χ2n) is 14.8. The molecule has 420 valence electrons. The van der Waals surface area contributed by atoms with E-state index in [1.54, 1.807) is 46.2 Å². The van der Waals surface area contributed by atoms with E-state index in [4.69, 9.17) is 178 Å². The van der Waals surface area contributed by atoms with Crippen LogP contribution in [0, 0.1) is 21.5 Å². The zero-order valence-electron chi connectivity index (χ0n) is 42.1. The van der Waals surface area contributed by atoms with Crippen molar-refractivity contribution in [1.29, 1.82) is 5.26 Å². The molecule has 0 spiro atoms. The molecular weight excluding hydrogens is 1350 g/mol. The number of esters is 1. The van der Waals surface area contributed by atoms with E-state index < -0.39 is 23.6 Å². The van der Waals surface area contributed by atoms with Crippen LogP contribution in [0.25, 0.3) is 4.85 Å². The number of aromatic nitrogens is 6. The highest BCUT2D eigenvalue weighted by Crippen LogP contribution is 2.39. The number of carboxylic acids is 1. The molecule has 31 heteroatoms. The van der Waals surface area contributed by atoms with Crippen molar-refractivity contribution in [2.24, 2.45) is 0 Å². The van der Waals surface area contributed by atoms with Crippen molar-refractivity contribution in [1.82, 2.24) is 29.9 Å². The Balaban J connectivity index is 0.000000477. The molecule has 20 nitrogen and oxygen atoms in total. The monoisotopic (exact) mass is 1390 g/mol. The van der Waals surface area contributed by atoms with Gasteiger partial charge in [0.05, 0.1) is 120 Å². The first kappa shape index (κ1) is 70.9. The molecule has 1 atom stereocenters. The van der Waals surface area contributed by atoms with E-state index in [-0.39, 0.29) is 67.0 Å². The third-order valence-corrected chi connectivity index (χ3v) is 13.6. The Morgan fingerprint density at radius 3 is 1.50 bits per heavy atom. The van der Waals surface area contributed by atoms with Gasteiger partial charge in [-0.25, -0.2) is 41.3 Å². The van der Waals surface area contributed by atoms with Crippen molar-refractivity contribution in [3.63, 3.8) is 0 Å². The SMILES string of the molecule is COc1cc(N)ccn1.COc1ncc(Cl)c(CC#N)c1Cl.COc1ncc(Cl)c(CC(=O)O)c1Cl.COc1ncc(Cl)c(I)c1Cl.COc1ncc(Cl)c(N)c1Cl.[C-]#[N+]C(C(=O)OC(C)(C)C)c1c(Cl)cnc(OC)c1Cl. The molecule has 0 aliphatic carbocycles. The van der Waals surface area contributed by atoms with Crippen LogP contribution in [0.2, 0.25) is 50.2 Å². The van der Waals surface area contributed by atoms with Crippen molar-refractivity contribution in [2.45, 2.75) is 45.3 Å². The number of carboxylic acid groups (broad SMARTS) is 1. The van der Waals surface area contributed by atoms with Crippen LogP contribution >= 0.6 is 139 Å². The predicted molar refractivity (Wildman–Crippen MR) is 312 cm³/mol.